The molecule has 0 aromatic carbocycles. The van der Waals surface area contributed by atoms with Crippen molar-refractivity contribution >= 4 is 5.97 Å². The SMILES string of the molecule is CCCCCC[C@H](O)CCCCCCCCCCC(=O)OCC. The minimum absolute atomic E-state index is 0.0549. The topological polar surface area (TPSA) is 46.5 Å². The van der Waals surface area contributed by atoms with Gasteiger partial charge in [-0.05, 0) is 26.2 Å². The molecule has 3 nitrogen and oxygen atoms in total. The van der Waals surface area contributed by atoms with E-state index in [-0.39, 0.29) is 12.1 Å². The summed E-state index contributed by atoms with van der Waals surface area (Å²) in [5, 5.41) is 9.89. The third-order valence-electron chi connectivity index (χ3n) is 4.36. The van der Waals surface area contributed by atoms with Gasteiger partial charge in [0, 0.05) is 6.42 Å². The molecule has 0 aromatic rings. The van der Waals surface area contributed by atoms with Crippen LogP contribution in [0.4, 0.5) is 0 Å². The average molecular weight is 329 g/mol. The molecular formula is C20H40O3. The van der Waals surface area contributed by atoms with Crippen molar-refractivity contribution in [3.63, 3.8) is 0 Å². The quantitative estimate of drug-likeness (QED) is 0.272. The summed E-state index contributed by atoms with van der Waals surface area (Å²) in [6, 6.07) is 0. The minimum Gasteiger partial charge on any atom is -0.466 e. The molecule has 0 saturated carbocycles. The Balaban J connectivity index is 3.16. The number of carbonyl (C=O) groups is 1. The number of rotatable bonds is 17. The Labute approximate surface area is 144 Å². The molecule has 0 saturated heterocycles. The molecular weight excluding hydrogens is 288 g/mol. The van der Waals surface area contributed by atoms with E-state index in [1.165, 1.54) is 57.8 Å². The van der Waals surface area contributed by atoms with Crippen LogP contribution in [0.1, 0.15) is 110 Å². The van der Waals surface area contributed by atoms with Crippen LogP contribution in [-0.4, -0.2) is 23.8 Å². The van der Waals surface area contributed by atoms with Gasteiger partial charge in [-0.3, -0.25) is 4.79 Å². The second-order valence-electron chi connectivity index (χ2n) is 6.68. The van der Waals surface area contributed by atoms with Gasteiger partial charge in [0.05, 0.1) is 12.7 Å². The van der Waals surface area contributed by atoms with Crippen molar-refractivity contribution in [3.05, 3.63) is 0 Å². The fourth-order valence-electron chi connectivity index (χ4n) is 2.89. The van der Waals surface area contributed by atoms with Crippen LogP contribution in [-0.2, 0) is 9.53 Å². The van der Waals surface area contributed by atoms with E-state index in [0.29, 0.717) is 13.0 Å². The summed E-state index contributed by atoms with van der Waals surface area (Å²) in [4.78, 5) is 11.2. The number of unbranched alkanes of at least 4 members (excludes halogenated alkanes) is 10. The van der Waals surface area contributed by atoms with E-state index in [1.807, 2.05) is 6.92 Å². The average Bonchev–Trinajstić information content (AvgIpc) is 2.53. The highest BCUT2D eigenvalue weighted by atomic mass is 16.5. The summed E-state index contributed by atoms with van der Waals surface area (Å²) in [5.74, 6) is -0.0549. The molecule has 0 fully saturated rings. The monoisotopic (exact) mass is 328 g/mol. The van der Waals surface area contributed by atoms with Gasteiger partial charge in [-0.1, -0.05) is 77.6 Å². The van der Waals surface area contributed by atoms with Crippen molar-refractivity contribution in [2.45, 2.75) is 116 Å². The second kappa shape index (κ2) is 17.8. The molecule has 1 N–H and O–H groups in total. The first kappa shape index (κ1) is 22.4. The van der Waals surface area contributed by atoms with Crippen LogP contribution >= 0.6 is 0 Å². The summed E-state index contributed by atoms with van der Waals surface area (Å²) in [7, 11) is 0. The lowest BCUT2D eigenvalue weighted by molar-refractivity contribution is -0.143. The molecule has 1 atom stereocenters. The molecule has 0 spiro atoms. The van der Waals surface area contributed by atoms with Crippen molar-refractivity contribution in [1.29, 1.82) is 0 Å². The maximum absolute atomic E-state index is 11.2. The zero-order valence-corrected chi connectivity index (χ0v) is 15.7. The third-order valence-corrected chi connectivity index (χ3v) is 4.36. The Morgan fingerprint density at radius 2 is 1.26 bits per heavy atom. The fourth-order valence-corrected chi connectivity index (χ4v) is 2.89. The smallest absolute Gasteiger partial charge is 0.305 e. The van der Waals surface area contributed by atoms with E-state index in [1.54, 1.807) is 0 Å². The predicted octanol–water partition coefficient (Wildman–Crippen LogP) is 5.78. The first-order valence-corrected chi connectivity index (χ1v) is 10.0. The molecule has 0 heterocycles. The number of hydrogen-bond donors (Lipinski definition) is 1. The molecule has 0 rings (SSSR count). The van der Waals surface area contributed by atoms with Gasteiger partial charge in [0.25, 0.3) is 0 Å². The first-order valence-electron chi connectivity index (χ1n) is 10.0. The van der Waals surface area contributed by atoms with Crippen molar-refractivity contribution in [1.82, 2.24) is 0 Å². The van der Waals surface area contributed by atoms with E-state index in [0.717, 1.165) is 32.1 Å². The Morgan fingerprint density at radius 1 is 0.783 bits per heavy atom. The van der Waals surface area contributed by atoms with Gasteiger partial charge in [0.15, 0.2) is 0 Å². The highest BCUT2D eigenvalue weighted by Gasteiger charge is 2.03. The van der Waals surface area contributed by atoms with Gasteiger partial charge < -0.3 is 9.84 Å². The Hall–Kier alpha value is -0.570. The molecule has 0 aromatic heterocycles. The molecule has 0 aliphatic heterocycles. The van der Waals surface area contributed by atoms with Crippen molar-refractivity contribution in [2.24, 2.45) is 0 Å². The van der Waals surface area contributed by atoms with Gasteiger partial charge in [-0.2, -0.15) is 0 Å². The summed E-state index contributed by atoms with van der Waals surface area (Å²) in [6.45, 7) is 4.56. The lowest BCUT2D eigenvalue weighted by Crippen LogP contribution is -2.05. The van der Waals surface area contributed by atoms with Crippen LogP contribution in [0, 0.1) is 0 Å². The second-order valence-corrected chi connectivity index (χ2v) is 6.68. The van der Waals surface area contributed by atoms with Gasteiger partial charge in [-0.15, -0.1) is 0 Å². The molecule has 23 heavy (non-hydrogen) atoms. The maximum atomic E-state index is 11.2. The molecule has 138 valence electrons. The van der Waals surface area contributed by atoms with E-state index in [4.69, 9.17) is 4.74 Å². The molecule has 3 heteroatoms. The van der Waals surface area contributed by atoms with E-state index in [2.05, 4.69) is 6.92 Å². The van der Waals surface area contributed by atoms with Crippen LogP contribution < -0.4 is 0 Å². The molecule has 0 radical (unpaired) electrons. The number of aliphatic hydroxyl groups excluding tert-OH is 1. The van der Waals surface area contributed by atoms with Crippen LogP contribution in [0.15, 0.2) is 0 Å². The summed E-state index contributed by atoms with van der Waals surface area (Å²) >= 11 is 0. The number of carbonyl (C=O) groups excluding carboxylic acids is 1. The minimum atomic E-state index is -0.0743. The van der Waals surface area contributed by atoms with Crippen molar-refractivity contribution in [2.75, 3.05) is 6.61 Å². The Kier molecular flexibility index (Phi) is 17.3. The van der Waals surface area contributed by atoms with Crippen LogP contribution in [0.5, 0.6) is 0 Å². The number of ether oxygens (including phenoxy) is 1. The normalized spacial score (nSPS) is 12.3. The van der Waals surface area contributed by atoms with Crippen molar-refractivity contribution in [3.8, 4) is 0 Å². The first-order chi connectivity index (χ1) is 11.2. The van der Waals surface area contributed by atoms with Crippen LogP contribution in [0.25, 0.3) is 0 Å². The van der Waals surface area contributed by atoms with Crippen molar-refractivity contribution < 1.29 is 14.6 Å². The van der Waals surface area contributed by atoms with Gasteiger partial charge in [0.1, 0.15) is 0 Å². The van der Waals surface area contributed by atoms with Crippen LogP contribution in [0.3, 0.4) is 0 Å². The highest BCUT2D eigenvalue weighted by Crippen LogP contribution is 2.14. The zero-order valence-electron chi connectivity index (χ0n) is 15.7. The van der Waals surface area contributed by atoms with E-state index in [9.17, 15) is 9.90 Å². The number of hydrogen-bond acceptors (Lipinski definition) is 3. The van der Waals surface area contributed by atoms with Gasteiger partial charge in [-0.25, -0.2) is 0 Å². The Bertz CT molecular complexity index is 253. The summed E-state index contributed by atoms with van der Waals surface area (Å²) in [6.07, 6.45) is 17.0. The maximum Gasteiger partial charge on any atom is 0.305 e. The molecule has 0 aliphatic carbocycles. The zero-order chi connectivity index (χ0) is 17.2. The molecule has 0 unspecified atom stereocenters. The third kappa shape index (κ3) is 17.6. The van der Waals surface area contributed by atoms with Gasteiger partial charge in [0.2, 0.25) is 0 Å². The van der Waals surface area contributed by atoms with Gasteiger partial charge >= 0.3 is 5.97 Å². The summed E-state index contributed by atoms with van der Waals surface area (Å²) < 4.78 is 4.91. The molecule has 0 bridgehead atoms. The number of esters is 1. The standard InChI is InChI=1S/C20H40O3/c1-3-5-6-13-16-19(21)17-14-11-9-7-8-10-12-15-18-20(22)23-4-2/h19,21H,3-18H2,1-2H3/t19-/m0/s1. The highest BCUT2D eigenvalue weighted by molar-refractivity contribution is 5.69. The van der Waals surface area contributed by atoms with E-state index < -0.39 is 0 Å². The predicted molar refractivity (Wildman–Crippen MR) is 97.6 cm³/mol. The largest absolute Gasteiger partial charge is 0.466 e. The van der Waals surface area contributed by atoms with Crippen LogP contribution in [0.2, 0.25) is 0 Å². The van der Waals surface area contributed by atoms with E-state index >= 15 is 0 Å². The lowest BCUT2D eigenvalue weighted by Gasteiger charge is -2.10. The fraction of sp³-hybridized carbons (Fsp3) is 0.950. The Morgan fingerprint density at radius 3 is 1.78 bits per heavy atom. The lowest BCUT2D eigenvalue weighted by atomic mass is 10.0. The molecule has 0 amide bonds. The molecule has 0 aliphatic rings. The summed E-state index contributed by atoms with van der Waals surface area (Å²) in [5.41, 5.74) is 0. The number of aliphatic hydroxyl groups is 1.